The zero-order valence-electron chi connectivity index (χ0n) is 16.2. The van der Waals surface area contributed by atoms with Crippen molar-refractivity contribution in [2.75, 3.05) is 12.3 Å². The van der Waals surface area contributed by atoms with E-state index in [1.165, 1.54) is 6.92 Å². The molecule has 0 aliphatic carbocycles. The number of primary amides is 1. The number of carbonyl (C=O) groups excluding carboxylic acids is 4. The number of nitrogens with two attached hydrogens (primary N) is 3. The smallest absolute Gasteiger partial charge is 0.327 e. The molecule has 166 valence electrons. The highest BCUT2D eigenvalue weighted by Crippen LogP contribution is 2.00. The predicted molar refractivity (Wildman–Crippen MR) is 108 cm³/mol. The Kier molecular flexibility index (Phi) is 12.6. The van der Waals surface area contributed by atoms with E-state index in [1.807, 2.05) is 0 Å². The highest BCUT2D eigenvalue weighted by molar-refractivity contribution is 7.80. The molecular formula is C16H30N6O6S. The molecular weight excluding hydrogens is 404 g/mol. The minimum Gasteiger partial charge on any atom is -0.480 e. The number of hydrogen-bond donors (Lipinski definition) is 8. The number of unbranched alkanes of at least 4 members (excludes halogenated alkanes) is 1. The zero-order valence-corrected chi connectivity index (χ0v) is 17.1. The molecule has 4 unspecified atom stereocenters. The maximum Gasteiger partial charge on any atom is 0.327 e. The van der Waals surface area contributed by atoms with Gasteiger partial charge in [-0.25, -0.2) is 4.79 Å². The van der Waals surface area contributed by atoms with Crippen LogP contribution in [0.15, 0.2) is 0 Å². The van der Waals surface area contributed by atoms with Gasteiger partial charge in [0.1, 0.15) is 18.1 Å². The van der Waals surface area contributed by atoms with Gasteiger partial charge in [-0.05, 0) is 26.3 Å². The lowest BCUT2D eigenvalue weighted by atomic mass is 10.1. The summed E-state index contributed by atoms with van der Waals surface area (Å²) in [4.78, 5) is 58.8. The van der Waals surface area contributed by atoms with E-state index < -0.39 is 60.2 Å². The van der Waals surface area contributed by atoms with Gasteiger partial charge in [0.25, 0.3) is 0 Å². The van der Waals surface area contributed by atoms with Crippen LogP contribution in [0.3, 0.4) is 0 Å². The van der Waals surface area contributed by atoms with E-state index in [9.17, 15) is 24.0 Å². The molecule has 0 aromatic heterocycles. The summed E-state index contributed by atoms with van der Waals surface area (Å²) in [5, 5.41) is 15.8. The van der Waals surface area contributed by atoms with Gasteiger partial charge < -0.3 is 38.3 Å². The molecule has 0 heterocycles. The molecule has 0 radical (unpaired) electrons. The molecule has 4 atom stereocenters. The Labute approximate surface area is 174 Å². The Bertz CT molecular complexity index is 604. The highest BCUT2D eigenvalue weighted by Gasteiger charge is 2.29. The van der Waals surface area contributed by atoms with E-state index >= 15 is 0 Å². The van der Waals surface area contributed by atoms with Gasteiger partial charge in [-0.1, -0.05) is 6.42 Å². The number of rotatable bonds is 14. The normalized spacial score (nSPS) is 14.8. The van der Waals surface area contributed by atoms with Crippen LogP contribution in [0.25, 0.3) is 0 Å². The summed E-state index contributed by atoms with van der Waals surface area (Å²) in [5.74, 6) is -4.67. The summed E-state index contributed by atoms with van der Waals surface area (Å²) < 4.78 is 0. The van der Waals surface area contributed by atoms with Gasteiger partial charge in [-0.3, -0.25) is 19.2 Å². The fourth-order valence-electron chi connectivity index (χ4n) is 2.19. The Morgan fingerprint density at radius 3 is 2.03 bits per heavy atom. The van der Waals surface area contributed by atoms with Crippen LogP contribution in [0, 0.1) is 0 Å². The molecule has 29 heavy (non-hydrogen) atoms. The molecule has 0 aromatic carbocycles. The number of amides is 4. The molecule has 0 bridgehead atoms. The van der Waals surface area contributed by atoms with Gasteiger partial charge >= 0.3 is 5.97 Å². The van der Waals surface area contributed by atoms with Crippen LogP contribution in [0.1, 0.15) is 32.6 Å². The molecule has 10 N–H and O–H groups in total. The van der Waals surface area contributed by atoms with Gasteiger partial charge in [-0.2, -0.15) is 12.6 Å². The molecule has 0 fully saturated rings. The van der Waals surface area contributed by atoms with E-state index in [-0.39, 0.29) is 5.75 Å². The van der Waals surface area contributed by atoms with E-state index in [4.69, 9.17) is 22.3 Å². The first-order valence-corrected chi connectivity index (χ1v) is 9.65. The Hall–Kier alpha value is -2.38. The maximum atomic E-state index is 12.3. The third-order valence-corrected chi connectivity index (χ3v) is 4.26. The van der Waals surface area contributed by atoms with Crippen molar-refractivity contribution in [3.8, 4) is 0 Å². The van der Waals surface area contributed by atoms with Crippen LogP contribution in [-0.2, 0) is 24.0 Å². The fraction of sp³-hybridized carbons (Fsp3) is 0.688. The molecule has 0 saturated carbocycles. The zero-order chi connectivity index (χ0) is 22.6. The van der Waals surface area contributed by atoms with E-state index in [0.717, 1.165) is 0 Å². The molecule has 0 spiro atoms. The number of carboxylic acid groups (broad SMARTS) is 1. The molecule has 0 aromatic rings. The Balaban J connectivity index is 4.91. The van der Waals surface area contributed by atoms with Crippen molar-refractivity contribution in [3.63, 3.8) is 0 Å². The fourth-order valence-corrected chi connectivity index (χ4v) is 2.44. The van der Waals surface area contributed by atoms with E-state index in [1.54, 1.807) is 0 Å². The summed E-state index contributed by atoms with van der Waals surface area (Å²) in [6.07, 6.45) is 1.20. The number of carboxylic acids is 1. The third kappa shape index (κ3) is 10.7. The molecule has 0 aliphatic rings. The first kappa shape index (κ1) is 26.6. The minimum absolute atomic E-state index is 0.202. The van der Waals surface area contributed by atoms with Crippen molar-refractivity contribution in [1.29, 1.82) is 0 Å². The molecule has 4 amide bonds. The minimum atomic E-state index is -1.42. The van der Waals surface area contributed by atoms with E-state index in [0.29, 0.717) is 25.8 Å². The Morgan fingerprint density at radius 2 is 1.55 bits per heavy atom. The molecule has 0 aliphatic heterocycles. The molecule has 12 nitrogen and oxygen atoms in total. The average Bonchev–Trinajstić information content (AvgIpc) is 2.64. The second kappa shape index (κ2) is 13.7. The molecule has 13 heteroatoms. The largest absolute Gasteiger partial charge is 0.480 e. The summed E-state index contributed by atoms with van der Waals surface area (Å²) in [6, 6.07) is -4.62. The molecule has 0 saturated heterocycles. The second-order valence-electron chi connectivity index (χ2n) is 6.43. The monoisotopic (exact) mass is 434 g/mol. The SMILES string of the molecule is CC(NC(=O)C(N)CCCCN)C(=O)NC(CC(N)=O)C(=O)NC(CS)C(=O)O. The van der Waals surface area contributed by atoms with Gasteiger partial charge in [0.15, 0.2) is 0 Å². The van der Waals surface area contributed by atoms with Crippen molar-refractivity contribution in [1.82, 2.24) is 16.0 Å². The van der Waals surface area contributed by atoms with Gasteiger partial charge in [0, 0.05) is 5.75 Å². The van der Waals surface area contributed by atoms with Crippen molar-refractivity contribution in [3.05, 3.63) is 0 Å². The van der Waals surface area contributed by atoms with Gasteiger partial charge in [0.05, 0.1) is 12.5 Å². The lowest BCUT2D eigenvalue weighted by Crippen LogP contribution is -2.57. The van der Waals surface area contributed by atoms with E-state index in [2.05, 4.69) is 28.6 Å². The van der Waals surface area contributed by atoms with Crippen LogP contribution in [0.2, 0.25) is 0 Å². The van der Waals surface area contributed by atoms with Crippen molar-refractivity contribution in [2.24, 2.45) is 17.2 Å². The summed E-state index contributed by atoms with van der Waals surface area (Å²) >= 11 is 3.82. The van der Waals surface area contributed by atoms with Crippen LogP contribution in [-0.4, -0.2) is 71.2 Å². The maximum absolute atomic E-state index is 12.3. The van der Waals surface area contributed by atoms with Crippen LogP contribution in [0.5, 0.6) is 0 Å². The van der Waals surface area contributed by atoms with Crippen molar-refractivity contribution in [2.45, 2.75) is 56.8 Å². The van der Waals surface area contributed by atoms with Crippen LogP contribution >= 0.6 is 12.6 Å². The standard InChI is InChI=1S/C16H30N6O6S/c1-8(20-14(25)9(18)4-2-3-5-17)13(24)21-10(6-12(19)23)15(26)22-11(7-29)16(27)28/h8-11,29H,2-7,17-18H2,1H3,(H2,19,23)(H,20,25)(H,21,24)(H,22,26)(H,27,28). The van der Waals surface area contributed by atoms with Gasteiger partial charge in [0.2, 0.25) is 23.6 Å². The molecule has 0 rings (SSSR count). The first-order valence-electron chi connectivity index (χ1n) is 9.02. The topological polar surface area (TPSA) is 220 Å². The lowest BCUT2D eigenvalue weighted by molar-refractivity contribution is -0.141. The average molecular weight is 435 g/mol. The second-order valence-corrected chi connectivity index (χ2v) is 6.80. The van der Waals surface area contributed by atoms with Gasteiger partial charge in [-0.15, -0.1) is 0 Å². The van der Waals surface area contributed by atoms with Crippen LogP contribution < -0.4 is 33.2 Å². The summed E-state index contributed by atoms with van der Waals surface area (Å²) in [5.41, 5.74) is 16.2. The number of aliphatic carboxylic acids is 1. The first-order chi connectivity index (χ1) is 13.5. The van der Waals surface area contributed by atoms with Crippen LogP contribution in [0.4, 0.5) is 0 Å². The van der Waals surface area contributed by atoms with Crippen molar-refractivity contribution >= 4 is 42.2 Å². The third-order valence-electron chi connectivity index (χ3n) is 3.89. The quantitative estimate of drug-likeness (QED) is 0.102. The lowest BCUT2D eigenvalue weighted by Gasteiger charge is -2.22. The number of thiol groups is 1. The summed E-state index contributed by atoms with van der Waals surface area (Å²) in [7, 11) is 0. The Morgan fingerprint density at radius 1 is 0.966 bits per heavy atom. The highest BCUT2D eigenvalue weighted by atomic mass is 32.1. The number of carbonyl (C=O) groups is 5. The number of nitrogens with one attached hydrogen (secondary N) is 3. The predicted octanol–water partition coefficient (Wildman–Crippen LogP) is -3.19. The number of hydrogen-bond acceptors (Lipinski definition) is 8. The van der Waals surface area contributed by atoms with Crippen molar-refractivity contribution < 1.29 is 29.1 Å². The summed E-state index contributed by atoms with van der Waals surface area (Å²) in [6.45, 7) is 1.85.